The molecule has 2 nitrogen and oxygen atoms in total. The van der Waals surface area contributed by atoms with E-state index in [0.717, 1.165) is 26.9 Å². The molecule has 4 heteroatoms. The number of hydrogen-bond donors (Lipinski definition) is 1. The van der Waals surface area contributed by atoms with Crippen molar-refractivity contribution in [2.75, 3.05) is 5.32 Å². The molecule has 1 N–H and O–H groups in total. The molecular weight excluding hydrogens is 319 g/mol. The highest BCUT2D eigenvalue weighted by Crippen LogP contribution is 2.25. The molecule has 0 heterocycles. The molecule has 0 atom stereocenters. The zero-order valence-corrected chi connectivity index (χ0v) is 12.9. The van der Waals surface area contributed by atoms with Crippen LogP contribution in [0.1, 0.15) is 22.3 Å². The second-order valence-corrected chi connectivity index (χ2v) is 5.50. The Hall–Kier alpha value is -1.86. The molecule has 0 radical (unpaired) electrons. The lowest BCUT2D eigenvalue weighted by molar-refractivity contribution is 0.623. The molecule has 0 saturated heterocycles. The smallest absolute Gasteiger partial charge is 0.140 e. The van der Waals surface area contributed by atoms with Gasteiger partial charge in [0.1, 0.15) is 11.9 Å². The van der Waals surface area contributed by atoms with Crippen molar-refractivity contribution in [1.82, 2.24) is 0 Å². The van der Waals surface area contributed by atoms with E-state index in [2.05, 4.69) is 21.2 Å². The van der Waals surface area contributed by atoms with Crippen molar-refractivity contribution in [3.63, 3.8) is 0 Å². The van der Waals surface area contributed by atoms with Crippen LogP contribution < -0.4 is 5.32 Å². The van der Waals surface area contributed by atoms with Crippen molar-refractivity contribution < 1.29 is 4.39 Å². The zero-order valence-electron chi connectivity index (χ0n) is 11.3. The summed E-state index contributed by atoms with van der Waals surface area (Å²) >= 11 is 3.53. The molecule has 0 aliphatic rings. The maximum atomic E-state index is 13.2. The lowest BCUT2D eigenvalue weighted by atomic mass is 10.1. The van der Waals surface area contributed by atoms with Crippen molar-refractivity contribution >= 4 is 21.6 Å². The Balaban J connectivity index is 2.15. The molecule has 0 aliphatic heterocycles. The van der Waals surface area contributed by atoms with Gasteiger partial charge in [-0.05, 0) is 54.8 Å². The van der Waals surface area contributed by atoms with Gasteiger partial charge in [-0.1, -0.05) is 22.0 Å². The van der Waals surface area contributed by atoms with Crippen LogP contribution in [0.4, 0.5) is 10.1 Å². The molecule has 2 aromatic carbocycles. The minimum atomic E-state index is -0.480. The number of halogens is 2. The maximum Gasteiger partial charge on any atom is 0.140 e. The number of nitriles is 1. The summed E-state index contributed by atoms with van der Waals surface area (Å²) < 4.78 is 14.3. The van der Waals surface area contributed by atoms with Gasteiger partial charge in [-0.2, -0.15) is 5.26 Å². The van der Waals surface area contributed by atoms with Gasteiger partial charge in [-0.3, -0.25) is 0 Å². The van der Waals surface area contributed by atoms with E-state index >= 15 is 0 Å². The van der Waals surface area contributed by atoms with Crippen molar-refractivity contribution in [2.24, 2.45) is 0 Å². The van der Waals surface area contributed by atoms with E-state index in [9.17, 15) is 4.39 Å². The third-order valence-corrected chi connectivity index (χ3v) is 4.34. The standard InChI is InChI=1S/C16H14BrFN2/c1-10-5-14(6-11(2)16(10)17)20-9-12-3-4-15(18)13(7-12)8-19/h3-7,20H,9H2,1-2H3. The fourth-order valence-electron chi connectivity index (χ4n) is 2.02. The quantitative estimate of drug-likeness (QED) is 0.885. The van der Waals surface area contributed by atoms with Gasteiger partial charge < -0.3 is 5.32 Å². The summed E-state index contributed by atoms with van der Waals surface area (Å²) in [6.07, 6.45) is 0. The number of rotatable bonds is 3. The SMILES string of the molecule is Cc1cc(NCc2ccc(F)c(C#N)c2)cc(C)c1Br. The first-order valence-electron chi connectivity index (χ1n) is 6.20. The maximum absolute atomic E-state index is 13.2. The Morgan fingerprint density at radius 2 is 1.85 bits per heavy atom. The average molecular weight is 333 g/mol. The van der Waals surface area contributed by atoms with Crippen LogP contribution in [0, 0.1) is 31.0 Å². The average Bonchev–Trinajstić information content (AvgIpc) is 2.43. The van der Waals surface area contributed by atoms with Gasteiger partial charge in [-0.25, -0.2) is 4.39 Å². The Bertz CT molecular complexity index is 666. The Morgan fingerprint density at radius 3 is 2.45 bits per heavy atom. The van der Waals surface area contributed by atoms with Gasteiger partial charge >= 0.3 is 0 Å². The third kappa shape index (κ3) is 3.17. The van der Waals surface area contributed by atoms with Crippen LogP contribution in [0.15, 0.2) is 34.8 Å². The lowest BCUT2D eigenvalue weighted by Crippen LogP contribution is -2.01. The highest BCUT2D eigenvalue weighted by molar-refractivity contribution is 9.10. The van der Waals surface area contributed by atoms with Gasteiger partial charge in [0.2, 0.25) is 0 Å². The molecule has 0 spiro atoms. The van der Waals surface area contributed by atoms with E-state index < -0.39 is 5.82 Å². The molecule has 0 aromatic heterocycles. The Labute approximate surface area is 126 Å². The zero-order chi connectivity index (χ0) is 14.7. The van der Waals surface area contributed by atoms with Crippen LogP contribution in [0.2, 0.25) is 0 Å². The van der Waals surface area contributed by atoms with Crippen LogP contribution >= 0.6 is 15.9 Å². The Morgan fingerprint density at radius 1 is 1.20 bits per heavy atom. The summed E-state index contributed by atoms with van der Waals surface area (Å²) in [5, 5.41) is 12.1. The second kappa shape index (κ2) is 6.06. The van der Waals surface area contributed by atoms with Crippen LogP contribution in [-0.4, -0.2) is 0 Å². The van der Waals surface area contributed by atoms with E-state index in [0.29, 0.717) is 6.54 Å². The van der Waals surface area contributed by atoms with E-state index in [1.807, 2.05) is 32.0 Å². The predicted molar refractivity (Wildman–Crippen MR) is 82.1 cm³/mol. The molecule has 2 aromatic rings. The summed E-state index contributed by atoms with van der Waals surface area (Å²) in [4.78, 5) is 0. The number of anilines is 1. The first-order valence-corrected chi connectivity index (χ1v) is 6.99. The predicted octanol–water partition coefficient (Wildman–Crippen LogP) is 4.69. The van der Waals surface area contributed by atoms with Crippen LogP contribution in [0.25, 0.3) is 0 Å². The van der Waals surface area contributed by atoms with Gasteiger partial charge in [0, 0.05) is 16.7 Å². The van der Waals surface area contributed by atoms with Crippen molar-refractivity contribution in [3.8, 4) is 6.07 Å². The summed E-state index contributed by atoms with van der Waals surface area (Å²) in [5.74, 6) is -0.480. The fourth-order valence-corrected chi connectivity index (χ4v) is 2.25. The van der Waals surface area contributed by atoms with Gasteiger partial charge in [0.25, 0.3) is 0 Å². The summed E-state index contributed by atoms with van der Waals surface area (Å²) in [6, 6.07) is 10.5. The van der Waals surface area contributed by atoms with Gasteiger partial charge in [0.15, 0.2) is 0 Å². The molecule has 102 valence electrons. The van der Waals surface area contributed by atoms with Crippen molar-refractivity contribution in [3.05, 3.63) is 62.9 Å². The normalized spacial score (nSPS) is 10.2. The van der Waals surface area contributed by atoms with Crippen LogP contribution in [-0.2, 0) is 6.54 Å². The van der Waals surface area contributed by atoms with E-state index in [4.69, 9.17) is 5.26 Å². The summed E-state index contributed by atoms with van der Waals surface area (Å²) in [6.45, 7) is 4.62. The van der Waals surface area contributed by atoms with Crippen LogP contribution in [0.3, 0.4) is 0 Å². The molecule has 0 fully saturated rings. The van der Waals surface area contributed by atoms with Crippen LogP contribution in [0.5, 0.6) is 0 Å². The largest absolute Gasteiger partial charge is 0.381 e. The van der Waals surface area contributed by atoms with E-state index in [-0.39, 0.29) is 5.56 Å². The van der Waals surface area contributed by atoms with E-state index in [1.165, 1.54) is 6.07 Å². The third-order valence-electron chi connectivity index (χ3n) is 3.08. The molecule has 0 aliphatic carbocycles. The number of hydrogen-bond acceptors (Lipinski definition) is 2. The minimum Gasteiger partial charge on any atom is -0.381 e. The van der Waals surface area contributed by atoms with Gasteiger partial charge in [0.05, 0.1) is 5.56 Å². The number of aryl methyl sites for hydroxylation is 2. The minimum absolute atomic E-state index is 0.0764. The number of benzene rings is 2. The lowest BCUT2D eigenvalue weighted by Gasteiger charge is -2.11. The first-order chi connectivity index (χ1) is 9.51. The number of nitrogens with zero attached hydrogens (tertiary/aromatic N) is 1. The fraction of sp³-hybridized carbons (Fsp3) is 0.188. The van der Waals surface area contributed by atoms with Gasteiger partial charge in [-0.15, -0.1) is 0 Å². The molecule has 0 unspecified atom stereocenters. The first kappa shape index (κ1) is 14.5. The molecule has 0 amide bonds. The Kier molecular flexibility index (Phi) is 4.41. The number of nitrogens with one attached hydrogen (secondary N) is 1. The monoisotopic (exact) mass is 332 g/mol. The second-order valence-electron chi connectivity index (χ2n) is 4.70. The van der Waals surface area contributed by atoms with E-state index in [1.54, 1.807) is 12.1 Å². The topological polar surface area (TPSA) is 35.8 Å². The highest BCUT2D eigenvalue weighted by Gasteiger charge is 2.04. The molecule has 0 saturated carbocycles. The molecular formula is C16H14BrFN2. The summed E-state index contributed by atoms with van der Waals surface area (Å²) in [7, 11) is 0. The summed E-state index contributed by atoms with van der Waals surface area (Å²) in [5.41, 5.74) is 4.27. The highest BCUT2D eigenvalue weighted by atomic mass is 79.9. The van der Waals surface area contributed by atoms with Crippen molar-refractivity contribution in [2.45, 2.75) is 20.4 Å². The molecule has 2 rings (SSSR count). The van der Waals surface area contributed by atoms with Crippen molar-refractivity contribution in [1.29, 1.82) is 5.26 Å². The molecule has 0 bridgehead atoms. The molecule has 20 heavy (non-hydrogen) atoms.